The number of aryl methyl sites for hydroxylation is 1. The molecule has 1 aliphatic rings. The zero-order valence-electron chi connectivity index (χ0n) is 14.1. The Balaban J connectivity index is 1.90. The SMILES string of the molecule is Cc1ccc(N2CC[C@@H](O/N=[N+](/[O-])N(C)C(C)(C)C)C2)cc1. The van der Waals surface area contributed by atoms with E-state index in [1.807, 2.05) is 20.8 Å². The molecule has 1 saturated heterocycles. The van der Waals surface area contributed by atoms with Gasteiger partial charge < -0.3 is 14.9 Å². The van der Waals surface area contributed by atoms with Crippen LogP contribution in [0.5, 0.6) is 0 Å². The lowest BCUT2D eigenvalue weighted by Crippen LogP contribution is -2.42. The Kier molecular flexibility index (Phi) is 4.78. The summed E-state index contributed by atoms with van der Waals surface area (Å²) in [7, 11) is 1.70. The normalized spacial score (nSPS) is 19.4. The molecule has 6 heteroatoms. The van der Waals surface area contributed by atoms with E-state index in [-0.39, 0.29) is 11.6 Å². The molecule has 0 aliphatic carbocycles. The second-order valence-corrected chi connectivity index (χ2v) is 6.83. The second-order valence-electron chi connectivity index (χ2n) is 6.83. The van der Waals surface area contributed by atoms with E-state index in [1.165, 1.54) is 16.3 Å². The van der Waals surface area contributed by atoms with E-state index >= 15 is 0 Å². The molecular formula is C16H26N4O2. The Labute approximate surface area is 132 Å². The van der Waals surface area contributed by atoms with Crippen LogP contribution in [0.1, 0.15) is 32.8 Å². The van der Waals surface area contributed by atoms with Crippen molar-refractivity contribution < 1.29 is 9.81 Å². The molecule has 22 heavy (non-hydrogen) atoms. The van der Waals surface area contributed by atoms with Crippen LogP contribution in [-0.2, 0) is 4.84 Å². The van der Waals surface area contributed by atoms with Crippen molar-refractivity contribution in [2.45, 2.75) is 45.8 Å². The number of anilines is 1. The van der Waals surface area contributed by atoms with Crippen molar-refractivity contribution in [3.63, 3.8) is 0 Å². The molecule has 0 spiro atoms. The van der Waals surface area contributed by atoms with Crippen LogP contribution in [0.15, 0.2) is 29.5 Å². The summed E-state index contributed by atoms with van der Waals surface area (Å²) in [5, 5.41) is 17.1. The first-order valence-corrected chi connectivity index (χ1v) is 7.67. The van der Waals surface area contributed by atoms with Gasteiger partial charge in [0.2, 0.25) is 5.28 Å². The Morgan fingerprint density at radius 3 is 2.55 bits per heavy atom. The van der Waals surface area contributed by atoms with Crippen LogP contribution in [0.4, 0.5) is 5.69 Å². The van der Waals surface area contributed by atoms with E-state index < -0.39 is 0 Å². The quantitative estimate of drug-likeness (QED) is 0.487. The molecule has 2 rings (SSSR count). The predicted octanol–water partition coefficient (Wildman–Crippen LogP) is 3.11. The van der Waals surface area contributed by atoms with Crippen LogP contribution in [-0.4, -0.2) is 41.8 Å². The first kappa shape index (κ1) is 16.4. The van der Waals surface area contributed by atoms with Crippen molar-refractivity contribution in [2.75, 3.05) is 25.0 Å². The summed E-state index contributed by atoms with van der Waals surface area (Å²) in [6.45, 7) is 9.58. The minimum Gasteiger partial charge on any atom is -0.569 e. The number of benzene rings is 1. The zero-order valence-corrected chi connectivity index (χ0v) is 14.1. The van der Waals surface area contributed by atoms with Gasteiger partial charge in [0.15, 0.2) is 6.10 Å². The highest BCUT2D eigenvalue weighted by molar-refractivity contribution is 5.48. The van der Waals surface area contributed by atoms with Gasteiger partial charge in [-0.2, -0.15) is 0 Å². The summed E-state index contributed by atoms with van der Waals surface area (Å²) in [4.78, 5) is 8.19. The van der Waals surface area contributed by atoms with Crippen molar-refractivity contribution in [2.24, 2.45) is 5.28 Å². The minimum absolute atomic E-state index is 0.0499. The van der Waals surface area contributed by atoms with Crippen molar-refractivity contribution in [3.8, 4) is 0 Å². The maximum Gasteiger partial charge on any atom is 0.233 e. The van der Waals surface area contributed by atoms with Crippen LogP contribution < -0.4 is 4.90 Å². The van der Waals surface area contributed by atoms with Gasteiger partial charge in [-0.1, -0.05) is 17.7 Å². The summed E-state index contributed by atoms with van der Waals surface area (Å²) in [5.74, 6) is 0. The number of hydrogen-bond acceptors (Lipinski definition) is 4. The van der Waals surface area contributed by atoms with E-state index in [2.05, 4.69) is 41.4 Å². The highest BCUT2D eigenvalue weighted by atomic mass is 16.7. The fourth-order valence-electron chi connectivity index (χ4n) is 2.22. The molecule has 1 aliphatic heterocycles. The monoisotopic (exact) mass is 306 g/mol. The van der Waals surface area contributed by atoms with Crippen molar-refractivity contribution in [1.29, 1.82) is 0 Å². The van der Waals surface area contributed by atoms with Gasteiger partial charge in [-0.15, -0.1) is 5.01 Å². The molecule has 0 bridgehead atoms. The smallest absolute Gasteiger partial charge is 0.233 e. The van der Waals surface area contributed by atoms with E-state index in [1.54, 1.807) is 7.05 Å². The van der Waals surface area contributed by atoms with Gasteiger partial charge in [0.1, 0.15) is 0 Å². The molecule has 0 radical (unpaired) electrons. The Hall–Kier alpha value is -1.98. The van der Waals surface area contributed by atoms with Crippen LogP contribution >= 0.6 is 0 Å². The summed E-state index contributed by atoms with van der Waals surface area (Å²) < 4.78 is 0. The Morgan fingerprint density at radius 2 is 1.95 bits per heavy atom. The average molecular weight is 306 g/mol. The summed E-state index contributed by atoms with van der Waals surface area (Å²) in [5.41, 5.74) is 2.14. The van der Waals surface area contributed by atoms with E-state index in [9.17, 15) is 5.21 Å². The average Bonchev–Trinajstić information content (AvgIpc) is 2.92. The van der Waals surface area contributed by atoms with Gasteiger partial charge in [-0.05, 0) is 39.8 Å². The number of rotatable bonds is 4. The van der Waals surface area contributed by atoms with Gasteiger partial charge in [-0.25, -0.2) is 0 Å². The standard InChI is InChI=1S/C16H26N4O2/c1-13-6-8-14(9-7-13)19-11-10-15(12-19)22-17-20(21)18(5)16(2,3)4/h6-9,15H,10-12H2,1-5H3/b20-17+/t15-/m1/s1. The highest BCUT2D eigenvalue weighted by Gasteiger charge is 2.27. The van der Waals surface area contributed by atoms with Gasteiger partial charge in [0, 0.05) is 18.7 Å². The Bertz CT molecular complexity index is 522. The highest BCUT2D eigenvalue weighted by Crippen LogP contribution is 2.22. The van der Waals surface area contributed by atoms with Crippen molar-refractivity contribution in [1.82, 2.24) is 5.01 Å². The van der Waals surface area contributed by atoms with Crippen molar-refractivity contribution >= 4 is 5.69 Å². The Morgan fingerprint density at radius 1 is 1.32 bits per heavy atom. The largest absolute Gasteiger partial charge is 0.569 e. The summed E-state index contributed by atoms with van der Waals surface area (Å²) in [6, 6.07) is 8.43. The molecule has 1 aromatic carbocycles. The summed E-state index contributed by atoms with van der Waals surface area (Å²) in [6.07, 6.45) is 0.816. The summed E-state index contributed by atoms with van der Waals surface area (Å²) >= 11 is 0. The zero-order chi connectivity index (χ0) is 16.3. The topological polar surface area (TPSA) is 54.1 Å². The molecule has 1 fully saturated rings. The fraction of sp³-hybridized carbons (Fsp3) is 0.625. The fourth-order valence-corrected chi connectivity index (χ4v) is 2.22. The molecule has 1 atom stereocenters. The molecular weight excluding hydrogens is 280 g/mol. The predicted molar refractivity (Wildman–Crippen MR) is 86.5 cm³/mol. The molecule has 0 amide bonds. The first-order valence-electron chi connectivity index (χ1n) is 7.67. The lowest BCUT2D eigenvalue weighted by Gasteiger charge is -2.26. The minimum atomic E-state index is -0.293. The third kappa shape index (κ3) is 4.02. The number of nitrogens with zero attached hydrogens (tertiary/aromatic N) is 4. The number of hydrogen-bond donors (Lipinski definition) is 0. The molecule has 122 valence electrons. The molecule has 1 heterocycles. The van der Waals surface area contributed by atoms with Gasteiger partial charge >= 0.3 is 0 Å². The molecule has 6 nitrogen and oxygen atoms in total. The second kappa shape index (κ2) is 6.42. The molecule has 1 aromatic rings. The van der Waals surface area contributed by atoms with Gasteiger partial charge in [0.25, 0.3) is 0 Å². The van der Waals surface area contributed by atoms with Crippen molar-refractivity contribution in [3.05, 3.63) is 35.0 Å². The van der Waals surface area contributed by atoms with Gasteiger partial charge in [0.05, 0.1) is 24.1 Å². The van der Waals surface area contributed by atoms with E-state index in [0.29, 0.717) is 4.97 Å². The third-order valence-corrected chi connectivity index (χ3v) is 4.04. The maximum atomic E-state index is 11.9. The lowest BCUT2D eigenvalue weighted by molar-refractivity contribution is -0.720. The molecule has 0 aromatic heterocycles. The third-order valence-electron chi connectivity index (χ3n) is 4.04. The lowest BCUT2D eigenvalue weighted by atomic mass is 10.1. The van der Waals surface area contributed by atoms with Gasteiger partial charge in [-0.3, -0.25) is 0 Å². The van der Waals surface area contributed by atoms with E-state index in [0.717, 1.165) is 19.5 Å². The first-order chi connectivity index (χ1) is 10.3. The molecule has 0 N–H and O–H groups in total. The number of hydrazine groups is 1. The molecule has 0 unspecified atom stereocenters. The van der Waals surface area contributed by atoms with Crippen LogP contribution in [0, 0.1) is 12.1 Å². The van der Waals surface area contributed by atoms with E-state index in [4.69, 9.17) is 4.84 Å². The van der Waals surface area contributed by atoms with Crippen LogP contribution in [0.25, 0.3) is 0 Å². The maximum absolute atomic E-state index is 11.9. The van der Waals surface area contributed by atoms with Crippen LogP contribution in [0.2, 0.25) is 0 Å². The van der Waals surface area contributed by atoms with Crippen LogP contribution in [0.3, 0.4) is 0 Å². The molecule has 0 saturated carbocycles.